The molecule has 12 heavy (non-hydrogen) atoms. The van der Waals surface area contributed by atoms with Gasteiger partial charge in [0.2, 0.25) is 0 Å². The molecule has 0 bridgehead atoms. The van der Waals surface area contributed by atoms with Crippen LogP contribution >= 0.6 is 11.6 Å². The Morgan fingerprint density at radius 1 is 1.75 bits per heavy atom. The fraction of sp³-hybridized carbons (Fsp3) is 0.375. The largest absolute Gasteiger partial charge is 0.384 e. The molecule has 3 N–H and O–H groups in total. The van der Waals surface area contributed by atoms with Crippen LogP contribution in [0.15, 0.2) is 18.3 Å². The van der Waals surface area contributed by atoms with Crippen LogP contribution in [-0.4, -0.2) is 16.6 Å². The van der Waals surface area contributed by atoms with Gasteiger partial charge in [0.25, 0.3) is 0 Å². The van der Waals surface area contributed by atoms with E-state index in [-0.39, 0.29) is 6.54 Å². The van der Waals surface area contributed by atoms with Crippen LogP contribution in [0.2, 0.25) is 5.15 Å². The molecule has 66 valence electrons. The number of hydrogen-bond donors (Lipinski definition) is 2. The summed E-state index contributed by atoms with van der Waals surface area (Å²) in [4.78, 5) is 3.84. The van der Waals surface area contributed by atoms with E-state index in [0.29, 0.717) is 10.7 Å². The van der Waals surface area contributed by atoms with Crippen molar-refractivity contribution in [2.24, 2.45) is 5.73 Å². The Morgan fingerprint density at radius 2 is 2.42 bits per heavy atom. The summed E-state index contributed by atoms with van der Waals surface area (Å²) in [6.07, 6.45) is 1.57. The number of rotatable bonds is 2. The molecule has 0 saturated heterocycles. The molecule has 1 heterocycles. The van der Waals surface area contributed by atoms with Gasteiger partial charge in [-0.15, -0.1) is 0 Å². The summed E-state index contributed by atoms with van der Waals surface area (Å²) < 4.78 is 0. The minimum atomic E-state index is -1.09. The summed E-state index contributed by atoms with van der Waals surface area (Å²) in [5.74, 6) is 0. The molecule has 0 fully saturated rings. The van der Waals surface area contributed by atoms with Crippen LogP contribution in [0.4, 0.5) is 0 Å². The standard InChI is InChI=1S/C8H11ClN2O/c1-8(12,5-10)6-3-2-4-11-7(6)9/h2-4,12H,5,10H2,1H3. The van der Waals surface area contributed by atoms with Crippen LogP contribution < -0.4 is 5.73 Å². The lowest BCUT2D eigenvalue weighted by Gasteiger charge is -2.21. The van der Waals surface area contributed by atoms with Crippen molar-refractivity contribution in [3.8, 4) is 0 Å². The van der Waals surface area contributed by atoms with E-state index in [1.165, 1.54) is 0 Å². The number of pyridine rings is 1. The van der Waals surface area contributed by atoms with Crippen molar-refractivity contribution in [2.75, 3.05) is 6.54 Å². The van der Waals surface area contributed by atoms with Gasteiger partial charge < -0.3 is 10.8 Å². The highest BCUT2D eigenvalue weighted by Crippen LogP contribution is 2.24. The first-order valence-corrected chi connectivity index (χ1v) is 3.99. The maximum atomic E-state index is 9.73. The summed E-state index contributed by atoms with van der Waals surface area (Å²) in [6.45, 7) is 1.73. The van der Waals surface area contributed by atoms with E-state index in [4.69, 9.17) is 17.3 Å². The number of aliphatic hydroxyl groups is 1. The fourth-order valence-electron chi connectivity index (χ4n) is 0.898. The van der Waals surface area contributed by atoms with Gasteiger partial charge in [0, 0.05) is 18.3 Å². The zero-order valence-corrected chi connectivity index (χ0v) is 7.54. The molecule has 0 spiro atoms. The molecule has 1 atom stereocenters. The van der Waals surface area contributed by atoms with E-state index >= 15 is 0 Å². The molecule has 0 amide bonds. The molecule has 3 nitrogen and oxygen atoms in total. The average Bonchev–Trinajstić information content (AvgIpc) is 2.05. The third-order valence-electron chi connectivity index (χ3n) is 1.74. The van der Waals surface area contributed by atoms with Gasteiger partial charge in [-0.3, -0.25) is 0 Å². The summed E-state index contributed by atoms with van der Waals surface area (Å²) in [5.41, 5.74) is 4.84. The Morgan fingerprint density at radius 3 is 2.92 bits per heavy atom. The Labute approximate surface area is 76.2 Å². The van der Waals surface area contributed by atoms with Crippen LogP contribution in [-0.2, 0) is 5.60 Å². The van der Waals surface area contributed by atoms with E-state index in [0.717, 1.165) is 0 Å². The first kappa shape index (κ1) is 9.45. The van der Waals surface area contributed by atoms with Gasteiger partial charge >= 0.3 is 0 Å². The molecule has 0 aliphatic rings. The van der Waals surface area contributed by atoms with E-state index in [9.17, 15) is 5.11 Å². The first-order valence-electron chi connectivity index (χ1n) is 3.61. The van der Waals surface area contributed by atoms with Gasteiger partial charge in [-0.2, -0.15) is 0 Å². The van der Waals surface area contributed by atoms with Crippen molar-refractivity contribution in [3.63, 3.8) is 0 Å². The van der Waals surface area contributed by atoms with Crippen LogP contribution in [0.3, 0.4) is 0 Å². The van der Waals surface area contributed by atoms with Crippen LogP contribution in [0, 0.1) is 0 Å². The van der Waals surface area contributed by atoms with Gasteiger partial charge in [-0.05, 0) is 13.0 Å². The molecule has 4 heteroatoms. The molecule has 1 unspecified atom stereocenters. The lowest BCUT2D eigenvalue weighted by Crippen LogP contribution is -2.31. The number of halogens is 1. The van der Waals surface area contributed by atoms with Crippen molar-refractivity contribution in [1.82, 2.24) is 4.98 Å². The molecule has 0 aliphatic carbocycles. The first-order chi connectivity index (χ1) is 5.58. The van der Waals surface area contributed by atoms with E-state index in [1.807, 2.05) is 0 Å². The molecular weight excluding hydrogens is 176 g/mol. The Balaban J connectivity index is 3.10. The summed E-state index contributed by atoms with van der Waals surface area (Å²) in [6, 6.07) is 3.42. The van der Waals surface area contributed by atoms with Crippen molar-refractivity contribution >= 4 is 11.6 Å². The van der Waals surface area contributed by atoms with E-state index in [1.54, 1.807) is 25.3 Å². The van der Waals surface area contributed by atoms with Gasteiger partial charge in [0.1, 0.15) is 10.8 Å². The van der Waals surface area contributed by atoms with Gasteiger partial charge in [0.05, 0.1) is 0 Å². The maximum Gasteiger partial charge on any atom is 0.135 e. The minimum absolute atomic E-state index is 0.123. The quantitative estimate of drug-likeness (QED) is 0.675. The monoisotopic (exact) mass is 186 g/mol. The molecule has 1 rings (SSSR count). The van der Waals surface area contributed by atoms with Crippen LogP contribution in [0.5, 0.6) is 0 Å². The number of nitrogens with zero attached hydrogens (tertiary/aromatic N) is 1. The number of aromatic nitrogens is 1. The normalized spacial score (nSPS) is 15.7. The third-order valence-corrected chi connectivity index (χ3v) is 2.04. The minimum Gasteiger partial charge on any atom is -0.384 e. The molecular formula is C8H11ClN2O. The number of hydrogen-bond acceptors (Lipinski definition) is 3. The summed E-state index contributed by atoms with van der Waals surface area (Å²) in [5, 5.41) is 10.0. The molecule has 1 aromatic rings. The van der Waals surface area contributed by atoms with Crippen molar-refractivity contribution in [1.29, 1.82) is 0 Å². The molecule has 0 radical (unpaired) electrons. The van der Waals surface area contributed by atoms with Crippen LogP contribution in [0.1, 0.15) is 12.5 Å². The van der Waals surface area contributed by atoms with Crippen LogP contribution in [0.25, 0.3) is 0 Å². The molecule has 0 aromatic carbocycles. The van der Waals surface area contributed by atoms with E-state index in [2.05, 4.69) is 4.98 Å². The molecule has 0 saturated carbocycles. The second-order valence-corrected chi connectivity index (χ2v) is 3.18. The zero-order valence-electron chi connectivity index (χ0n) is 6.79. The van der Waals surface area contributed by atoms with Crippen molar-refractivity contribution < 1.29 is 5.11 Å². The Kier molecular flexibility index (Phi) is 2.67. The summed E-state index contributed by atoms with van der Waals surface area (Å²) in [7, 11) is 0. The third kappa shape index (κ3) is 1.75. The summed E-state index contributed by atoms with van der Waals surface area (Å²) >= 11 is 5.76. The predicted molar refractivity (Wildman–Crippen MR) is 47.9 cm³/mol. The van der Waals surface area contributed by atoms with Gasteiger partial charge in [-0.1, -0.05) is 17.7 Å². The van der Waals surface area contributed by atoms with E-state index < -0.39 is 5.60 Å². The second kappa shape index (κ2) is 3.39. The second-order valence-electron chi connectivity index (χ2n) is 2.82. The SMILES string of the molecule is CC(O)(CN)c1cccnc1Cl. The van der Waals surface area contributed by atoms with Crippen molar-refractivity contribution in [3.05, 3.63) is 29.0 Å². The molecule has 1 aromatic heterocycles. The Bertz CT molecular complexity index is 276. The highest BCUT2D eigenvalue weighted by molar-refractivity contribution is 6.30. The fourth-order valence-corrected chi connectivity index (χ4v) is 1.22. The highest BCUT2D eigenvalue weighted by atomic mass is 35.5. The predicted octanol–water partition coefficient (Wildman–Crippen LogP) is 0.901. The van der Waals surface area contributed by atoms with Gasteiger partial charge in [0.15, 0.2) is 0 Å². The lowest BCUT2D eigenvalue weighted by atomic mass is 9.98. The van der Waals surface area contributed by atoms with Crippen molar-refractivity contribution in [2.45, 2.75) is 12.5 Å². The topological polar surface area (TPSA) is 59.1 Å². The zero-order chi connectivity index (χ0) is 9.19. The number of nitrogens with two attached hydrogens (primary N) is 1. The van der Waals surface area contributed by atoms with Gasteiger partial charge in [-0.25, -0.2) is 4.98 Å². The average molecular weight is 187 g/mol. The lowest BCUT2D eigenvalue weighted by molar-refractivity contribution is 0.0666. The Hall–Kier alpha value is -0.640. The molecule has 0 aliphatic heterocycles. The highest BCUT2D eigenvalue weighted by Gasteiger charge is 2.23. The maximum absolute atomic E-state index is 9.73. The smallest absolute Gasteiger partial charge is 0.135 e.